The number of nitrogens with zero attached hydrogens (tertiary/aromatic N) is 4. The number of pyridine rings is 1. The van der Waals surface area contributed by atoms with Gasteiger partial charge in [0.05, 0.1) is 34.6 Å². The molecule has 4 heterocycles. The van der Waals surface area contributed by atoms with Crippen molar-refractivity contribution in [3.8, 4) is 11.3 Å². The van der Waals surface area contributed by atoms with Gasteiger partial charge in [0.15, 0.2) is 0 Å². The molecule has 1 aliphatic rings. The van der Waals surface area contributed by atoms with Gasteiger partial charge in [0.2, 0.25) is 0 Å². The summed E-state index contributed by atoms with van der Waals surface area (Å²) in [5, 5.41) is 12.2. The van der Waals surface area contributed by atoms with E-state index in [0.717, 1.165) is 29.9 Å². The minimum absolute atomic E-state index is 0.240. The summed E-state index contributed by atoms with van der Waals surface area (Å²) in [6.07, 6.45) is 7.54. The van der Waals surface area contributed by atoms with Crippen molar-refractivity contribution >= 4 is 22.8 Å². The largest absolute Gasteiger partial charge is 0.466 e. The van der Waals surface area contributed by atoms with E-state index in [1.54, 1.807) is 12.3 Å². The van der Waals surface area contributed by atoms with Crippen LogP contribution in [0.1, 0.15) is 65.7 Å². The maximum absolute atomic E-state index is 13.4. The second kappa shape index (κ2) is 7.68. The van der Waals surface area contributed by atoms with Crippen LogP contribution in [0.25, 0.3) is 22.4 Å². The summed E-state index contributed by atoms with van der Waals surface area (Å²) >= 11 is 0. The SMILES string of the molecule is Cc1cc(-c2cc(C(=O)Nc3ccnn3C3CCCCC3)c3c(C)noc3n2)c(C)o1. The monoisotopic (exact) mass is 419 g/mol. The van der Waals surface area contributed by atoms with Crippen LogP contribution in [0.3, 0.4) is 0 Å². The van der Waals surface area contributed by atoms with E-state index < -0.39 is 0 Å². The number of anilines is 1. The molecule has 0 unspecified atom stereocenters. The molecule has 0 aliphatic heterocycles. The maximum Gasteiger partial charge on any atom is 0.259 e. The lowest BCUT2D eigenvalue weighted by Crippen LogP contribution is -2.20. The van der Waals surface area contributed by atoms with E-state index >= 15 is 0 Å². The van der Waals surface area contributed by atoms with Gasteiger partial charge in [-0.3, -0.25) is 4.79 Å². The van der Waals surface area contributed by atoms with Crippen LogP contribution in [-0.4, -0.2) is 25.8 Å². The molecule has 0 atom stereocenters. The molecule has 1 N–H and O–H groups in total. The van der Waals surface area contributed by atoms with Crippen LogP contribution < -0.4 is 5.32 Å². The van der Waals surface area contributed by atoms with Crippen molar-refractivity contribution in [2.45, 2.75) is 58.9 Å². The first-order chi connectivity index (χ1) is 15.0. The summed E-state index contributed by atoms with van der Waals surface area (Å²) in [6, 6.07) is 5.85. The van der Waals surface area contributed by atoms with Gasteiger partial charge in [0.1, 0.15) is 17.3 Å². The van der Waals surface area contributed by atoms with Crippen molar-refractivity contribution in [1.29, 1.82) is 0 Å². The quantitative estimate of drug-likeness (QED) is 0.478. The lowest BCUT2D eigenvalue weighted by Gasteiger charge is -2.24. The first-order valence-electron chi connectivity index (χ1n) is 10.7. The molecule has 0 bridgehead atoms. The van der Waals surface area contributed by atoms with Gasteiger partial charge in [0.25, 0.3) is 11.6 Å². The van der Waals surface area contributed by atoms with E-state index in [9.17, 15) is 4.79 Å². The van der Waals surface area contributed by atoms with Crippen molar-refractivity contribution < 1.29 is 13.7 Å². The number of aromatic nitrogens is 4. The smallest absolute Gasteiger partial charge is 0.259 e. The molecule has 31 heavy (non-hydrogen) atoms. The predicted molar refractivity (Wildman–Crippen MR) is 116 cm³/mol. The number of nitrogens with one attached hydrogen (secondary N) is 1. The van der Waals surface area contributed by atoms with Crippen molar-refractivity contribution in [3.05, 3.63) is 47.2 Å². The summed E-state index contributed by atoms with van der Waals surface area (Å²) in [7, 11) is 0. The summed E-state index contributed by atoms with van der Waals surface area (Å²) in [5.74, 6) is 1.98. The molecule has 8 heteroatoms. The van der Waals surface area contributed by atoms with Crippen LogP contribution in [0.2, 0.25) is 0 Å². The third kappa shape index (κ3) is 3.52. The molecule has 1 fully saturated rings. The number of carbonyl (C=O) groups is 1. The molecule has 8 nitrogen and oxygen atoms in total. The Labute approximate surface area is 179 Å². The van der Waals surface area contributed by atoms with Gasteiger partial charge in [-0.05, 0) is 45.7 Å². The van der Waals surface area contributed by atoms with Crippen molar-refractivity contribution in [2.75, 3.05) is 5.32 Å². The second-order valence-corrected chi connectivity index (χ2v) is 8.24. The molecule has 4 aromatic heterocycles. The number of hydrogen-bond donors (Lipinski definition) is 1. The van der Waals surface area contributed by atoms with E-state index in [1.165, 1.54) is 19.3 Å². The third-order valence-electron chi connectivity index (χ3n) is 6.01. The highest BCUT2D eigenvalue weighted by Crippen LogP contribution is 2.32. The van der Waals surface area contributed by atoms with Crippen LogP contribution >= 0.6 is 0 Å². The molecular weight excluding hydrogens is 394 g/mol. The molecule has 160 valence electrons. The number of furan rings is 1. The Balaban J connectivity index is 1.54. The van der Waals surface area contributed by atoms with Crippen LogP contribution in [0.4, 0.5) is 5.82 Å². The van der Waals surface area contributed by atoms with E-state index in [1.807, 2.05) is 37.6 Å². The Bertz CT molecular complexity index is 1260. The number of aryl methyl sites for hydroxylation is 3. The Morgan fingerprint density at radius 2 is 1.97 bits per heavy atom. The second-order valence-electron chi connectivity index (χ2n) is 8.24. The minimum atomic E-state index is -0.240. The molecule has 0 spiro atoms. The van der Waals surface area contributed by atoms with Crippen LogP contribution in [-0.2, 0) is 0 Å². The normalized spacial score (nSPS) is 14.9. The Hall–Kier alpha value is -3.42. The zero-order valence-electron chi connectivity index (χ0n) is 17.9. The average molecular weight is 419 g/mol. The number of amides is 1. The molecule has 0 aromatic carbocycles. The van der Waals surface area contributed by atoms with Crippen molar-refractivity contribution in [3.63, 3.8) is 0 Å². The van der Waals surface area contributed by atoms with Crippen molar-refractivity contribution in [1.82, 2.24) is 19.9 Å². The Morgan fingerprint density at radius 1 is 1.16 bits per heavy atom. The first-order valence-corrected chi connectivity index (χ1v) is 10.7. The van der Waals surface area contributed by atoms with Gasteiger partial charge < -0.3 is 14.3 Å². The zero-order chi connectivity index (χ0) is 21.5. The average Bonchev–Trinajstić information content (AvgIpc) is 3.47. The molecule has 1 saturated carbocycles. The van der Waals surface area contributed by atoms with Crippen molar-refractivity contribution in [2.24, 2.45) is 0 Å². The lowest BCUT2D eigenvalue weighted by atomic mass is 9.96. The minimum Gasteiger partial charge on any atom is -0.466 e. The molecule has 1 amide bonds. The summed E-state index contributed by atoms with van der Waals surface area (Å²) in [6.45, 7) is 5.57. The van der Waals surface area contributed by atoms with Gasteiger partial charge in [-0.1, -0.05) is 24.4 Å². The highest BCUT2D eigenvalue weighted by atomic mass is 16.5. The van der Waals surface area contributed by atoms with E-state index in [-0.39, 0.29) is 5.91 Å². The van der Waals surface area contributed by atoms with Gasteiger partial charge in [-0.2, -0.15) is 5.10 Å². The van der Waals surface area contributed by atoms with Gasteiger partial charge >= 0.3 is 0 Å². The summed E-state index contributed by atoms with van der Waals surface area (Å²) in [4.78, 5) is 18.0. The Morgan fingerprint density at radius 3 is 2.71 bits per heavy atom. The van der Waals surface area contributed by atoms with E-state index in [4.69, 9.17) is 8.94 Å². The fourth-order valence-corrected chi connectivity index (χ4v) is 4.51. The van der Waals surface area contributed by atoms with Gasteiger partial charge in [-0.25, -0.2) is 9.67 Å². The highest BCUT2D eigenvalue weighted by Gasteiger charge is 2.23. The molecule has 0 saturated heterocycles. The number of rotatable bonds is 4. The van der Waals surface area contributed by atoms with E-state index in [0.29, 0.717) is 39.9 Å². The topological polar surface area (TPSA) is 99.0 Å². The summed E-state index contributed by atoms with van der Waals surface area (Å²) < 4.78 is 13.0. The van der Waals surface area contributed by atoms with Crippen LogP contribution in [0, 0.1) is 20.8 Å². The number of fused-ring (bicyclic) bond motifs is 1. The van der Waals surface area contributed by atoms with Crippen LogP contribution in [0.15, 0.2) is 33.3 Å². The standard InChI is InChI=1S/C23H25N5O3/c1-13-11-17(15(3)30-13)19-12-18(21-14(2)27-31-23(21)25-19)22(29)26-20-9-10-24-28(20)16-7-5-4-6-8-16/h9-12,16H,4-8H2,1-3H3,(H,26,29). The lowest BCUT2D eigenvalue weighted by molar-refractivity contribution is 0.102. The van der Waals surface area contributed by atoms with Crippen LogP contribution in [0.5, 0.6) is 0 Å². The fourth-order valence-electron chi connectivity index (χ4n) is 4.51. The molecule has 0 radical (unpaired) electrons. The molecule has 4 aromatic rings. The van der Waals surface area contributed by atoms with E-state index in [2.05, 4.69) is 20.6 Å². The maximum atomic E-state index is 13.4. The van der Waals surface area contributed by atoms with Gasteiger partial charge in [0, 0.05) is 11.6 Å². The highest BCUT2D eigenvalue weighted by molar-refractivity contribution is 6.12. The molecule has 5 rings (SSSR count). The third-order valence-corrected chi connectivity index (χ3v) is 6.01. The number of hydrogen-bond acceptors (Lipinski definition) is 6. The first kappa shape index (κ1) is 19.5. The molecule has 1 aliphatic carbocycles. The zero-order valence-corrected chi connectivity index (χ0v) is 17.9. The fraction of sp³-hybridized carbons (Fsp3) is 0.391. The predicted octanol–water partition coefficient (Wildman–Crippen LogP) is 5.36. The molecular formula is C23H25N5O3. The Kier molecular flexibility index (Phi) is 4.84. The number of carbonyl (C=O) groups excluding carboxylic acids is 1. The van der Waals surface area contributed by atoms with Gasteiger partial charge in [-0.15, -0.1) is 0 Å². The summed E-state index contributed by atoms with van der Waals surface area (Å²) in [5.41, 5.74) is 2.87.